The zero-order chi connectivity index (χ0) is 17.0. The van der Waals surface area contributed by atoms with E-state index in [-0.39, 0.29) is 10.9 Å². The van der Waals surface area contributed by atoms with Crippen molar-refractivity contribution in [3.63, 3.8) is 0 Å². The van der Waals surface area contributed by atoms with Crippen molar-refractivity contribution in [1.82, 2.24) is 4.90 Å². The molecule has 1 aromatic carbocycles. The van der Waals surface area contributed by atoms with E-state index >= 15 is 0 Å². The van der Waals surface area contributed by atoms with Crippen LogP contribution < -0.4 is 4.90 Å². The van der Waals surface area contributed by atoms with Gasteiger partial charge in [-0.3, -0.25) is 14.9 Å². The highest BCUT2D eigenvalue weighted by Gasteiger charge is 2.20. The van der Waals surface area contributed by atoms with Gasteiger partial charge in [-0.15, -0.1) is 0 Å². The van der Waals surface area contributed by atoms with Gasteiger partial charge in [0.2, 0.25) is 0 Å². The Morgan fingerprint density at radius 2 is 1.83 bits per heavy atom. The Morgan fingerprint density at radius 1 is 1.17 bits per heavy atom. The van der Waals surface area contributed by atoms with Crippen LogP contribution in [0.3, 0.4) is 0 Å². The molecule has 0 bridgehead atoms. The van der Waals surface area contributed by atoms with Crippen molar-refractivity contribution in [1.29, 1.82) is 0 Å². The van der Waals surface area contributed by atoms with Gasteiger partial charge < -0.3 is 9.80 Å². The Morgan fingerprint density at radius 3 is 2.30 bits per heavy atom. The molecule has 0 unspecified atom stereocenters. The molecule has 1 amide bonds. The zero-order valence-electron chi connectivity index (χ0n) is 13.4. The number of hydrogen-bond donors (Lipinski definition) is 0. The minimum Gasteiger partial charge on any atom is -0.378 e. The molecule has 0 atom stereocenters. The number of anilines is 1. The van der Waals surface area contributed by atoms with Gasteiger partial charge in [0, 0.05) is 38.9 Å². The number of carbonyl (C=O) groups is 1. The van der Waals surface area contributed by atoms with Gasteiger partial charge in [-0.05, 0) is 30.7 Å². The summed E-state index contributed by atoms with van der Waals surface area (Å²) in [6, 6.07) is 10.9. The number of carbonyl (C=O) groups excluding carboxylic acids is 1. The van der Waals surface area contributed by atoms with Crippen molar-refractivity contribution in [2.75, 3.05) is 25.5 Å². The molecule has 0 aliphatic carbocycles. The van der Waals surface area contributed by atoms with Crippen LogP contribution in [-0.2, 0) is 6.54 Å². The molecule has 0 aliphatic rings. The van der Waals surface area contributed by atoms with Gasteiger partial charge >= 0.3 is 5.00 Å². The third kappa shape index (κ3) is 4.07. The molecule has 1 aromatic heterocycles. The topological polar surface area (TPSA) is 66.7 Å². The quantitative estimate of drug-likeness (QED) is 0.600. The Balaban J connectivity index is 2.12. The summed E-state index contributed by atoms with van der Waals surface area (Å²) in [5, 5.41) is 10.7. The molecule has 2 aromatic rings. The average molecular weight is 333 g/mol. The van der Waals surface area contributed by atoms with Crippen LogP contribution in [0.2, 0.25) is 0 Å². The van der Waals surface area contributed by atoms with Crippen molar-refractivity contribution < 1.29 is 9.72 Å². The van der Waals surface area contributed by atoms with Crippen LogP contribution in [0.15, 0.2) is 36.4 Å². The second-order valence-electron chi connectivity index (χ2n) is 5.28. The molecule has 7 heteroatoms. The van der Waals surface area contributed by atoms with Gasteiger partial charge in [-0.25, -0.2) is 0 Å². The Kier molecular flexibility index (Phi) is 5.33. The summed E-state index contributed by atoms with van der Waals surface area (Å²) in [4.78, 5) is 26.8. The fourth-order valence-corrected chi connectivity index (χ4v) is 2.93. The largest absolute Gasteiger partial charge is 0.378 e. The molecule has 0 N–H and O–H groups in total. The van der Waals surface area contributed by atoms with E-state index in [1.54, 1.807) is 4.90 Å². The first kappa shape index (κ1) is 17.0. The minimum absolute atomic E-state index is 0.0141. The van der Waals surface area contributed by atoms with Crippen molar-refractivity contribution in [2.45, 2.75) is 13.5 Å². The van der Waals surface area contributed by atoms with Gasteiger partial charge in [0.25, 0.3) is 5.91 Å². The van der Waals surface area contributed by atoms with Gasteiger partial charge in [0.05, 0.1) is 9.80 Å². The average Bonchev–Trinajstić information content (AvgIpc) is 3.02. The van der Waals surface area contributed by atoms with E-state index < -0.39 is 4.92 Å². The van der Waals surface area contributed by atoms with Crippen LogP contribution in [0.4, 0.5) is 10.7 Å². The predicted molar refractivity (Wildman–Crippen MR) is 92.2 cm³/mol. The lowest BCUT2D eigenvalue weighted by atomic mass is 10.2. The van der Waals surface area contributed by atoms with Crippen LogP contribution in [-0.4, -0.2) is 36.4 Å². The molecule has 0 saturated carbocycles. The summed E-state index contributed by atoms with van der Waals surface area (Å²) >= 11 is 0.913. The molecule has 0 fully saturated rings. The lowest BCUT2D eigenvalue weighted by molar-refractivity contribution is -0.380. The first-order valence-electron chi connectivity index (χ1n) is 7.22. The zero-order valence-corrected chi connectivity index (χ0v) is 14.2. The number of thiophene rings is 1. The van der Waals surface area contributed by atoms with Crippen molar-refractivity contribution in [3.8, 4) is 0 Å². The maximum atomic E-state index is 12.5. The number of amides is 1. The number of nitrogens with zero attached hydrogens (tertiary/aromatic N) is 3. The standard InChI is InChI=1S/C16H19N3O3S/c1-4-18(11-12-5-7-13(8-6-12)17(2)3)16(20)14-9-10-15(23-14)19(21)22/h5-10H,4,11H2,1-3H3. The fraction of sp³-hybridized carbons (Fsp3) is 0.312. The molecule has 0 aliphatic heterocycles. The first-order chi connectivity index (χ1) is 10.9. The predicted octanol–water partition coefficient (Wildman–Crippen LogP) is 3.38. The lowest BCUT2D eigenvalue weighted by Crippen LogP contribution is -2.29. The van der Waals surface area contributed by atoms with Crippen LogP contribution >= 0.6 is 11.3 Å². The highest BCUT2D eigenvalue weighted by Crippen LogP contribution is 2.25. The summed E-state index contributed by atoms with van der Waals surface area (Å²) in [5.41, 5.74) is 2.12. The van der Waals surface area contributed by atoms with Crippen LogP contribution in [0.1, 0.15) is 22.2 Å². The molecule has 0 saturated heterocycles. The van der Waals surface area contributed by atoms with E-state index in [0.29, 0.717) is 18.0 Å². The highest BCUT2D eigenvalue weighted by atomic mass is 32.1. The second kappa shape index (κ2) is 7.23. The van der Waals surface area contributed by atoms with Gasteiger partial charge in [0.15, 0.2) is 0 Å². The maximum absolute atomic E-state index is 12.5. The highest BCUT2D eigenvalue weighted by molar-refractivity contribution is 7.17. The fourth-order valence-electron chi connectivity index (χ4n) is 2.14. The number of hydrogen-bond acceptors (Lipinski definition) is 5. The van der Waals surface area contributed by atoms with E-state index in [1.807, 2.05) is 50.2 Å². The molecule has 1 heterocycles. The van der Waals surface area contributed by atoms with E-state index in [4.69, 9.17) is 0 Å². The SMILES string of the molecule is CCN(Cc1ccc(N(C)C)cc1)C(=O)c1ccc([N+](=O)[O-])s1. The molecule has 2 rings (SSSR count). The van der Waals surface area contributed by atoms with Crippen LogP contribution in [0.25, 0.3) is 0 Å². The van der Waals surface area contributed by atoms with Crippen LogP contribution in [0, 0.1) is 10.1 Å². The summed E-state index contributed by atoms with van der Waals surface area (Å²) in [6.45, 7) is 2.92. The minimum atomic E-state index is -0.474. The Labute approximate surface area is 139 Å². The summed E-state index contributed by atoms with van der Waals surface area (Å²) in [5.74, 6) is -0.178. The monoisotopic (exact) mass is 333 g/mol. The molecular weight excluding hydrogens is 314 g/mol. The molecular formula is C16H19N3O3S. The molecule has 6 nitrogen and oxygen atoms in total. The second-order valence-corrected chi connectivity index (χ2v) is 6.34. The van der Waals surface area contributed by atoms with E-state index in [9.17, 15) is 14.9 Å². The summed E-state index contributed by atoms with van der Waals surface area (Å²) < 4.78 is 0. The smallest absolute Gasteiger partial charge is 0.324 e. The molecule has 23 heavy (non-hydrogen) atoms. The van der Waals surface area contributed by atoms with E-state index in [0.717, 1.165) is 22.6 Å². The van der Waals surface area contributed by atoms with Crippen molar-refractivity contribution >= 4 is 27.9 Å². The third-order valence-electron chi connectivity index (χ3n) is 3.48. The summed E-state index contributed by atoms with van der Waals surface area (Å²) in [7, 11) is 3.95. The van der Waals surface area contributed by atoms with E-state index in [1.165, 1.54) is 12.1 Å². The number of nitro groups is 1. The van der Waals surface area contributed by atoms with Crippen LogP contribution in [0.5, 0.6) is 0 Å². The lowest BCUT2D eigenvalue weighted by Gasteiger charge is -2.21. The Hall–Kier alpha value is -2.41. The molecule has 122 valence electrons. The van der Waals surface area contributed by atoms with Gasteiger partial charge in [-0.2, -0.15) is 0 Å². The maximum Gasteiger partial charge on any atom is 0.324 e. The van der Waals surface area contributed by atoms with Crippen molar-refractivity contribution in [2.24, 2.45) is 0 Å². The first-order valence-corrected chi connectivity index (χ1v) is 8.03. The summed E-state index contributed by atoms with van der Waals surface area (Å²) in [6.07, 6.45) is 0. The normalized spacial score (nSPS) is 10.4. The van der Waals surface area contributed by atoms with Crippen molar-refractivity contribution in [3.05, 3.63) is 57.0 Å². The molecule has 0 spiro atoms. The third-order valence-corrected chi connectivity index (χ3v) is 4.50. The molecule has 0 radical (unpaired) electrons. The number of rotatable bonds is 6. The van der Waals surface area contributed by atoms with E-state index in [2.05, 4.69) is 0 Å². The number of benzene rings is 1. The van der Waals surface area contributed by atoms with Gasteiger partial charge in [-0.1, -0.05) is 23.5 Å². The van der Waals surface area contributed by atoms with Gasteiger partial charge in [0.1, 0.15) is 0 Å². The Bertz CT molecular complexity index is 695.